The van der Waals surface area contributed by atoms with Crippen LogP contribution in [0.2, 0.25) is 0 Å². The van der Waals surface area contributed by atoms with Crippen LogP contribution in [-0.4, -0.2) is 13.0 Å². The number of ether oxygens (including phenoxy) is 1. The minimum absolute atomic E-state index is 0.0215. The van der Waals surface area contributed by atoms with Crippen LogP contribution >= 0.6 is 0 Å². The van der Waals surface area contributed by atoms with Crippen LogP contribution in [0.25, 0.3) is 0 Å². The summed E-state index contributed by atoms with van der Waals surface area (Å²) in [4.78, 5) is 12.1. The van der Waals surface area contributed by atoms with Crippen LogP contribution in [0.15, 0.2) is 42.5 Å². The first-order valence-electron chi connectivity index (χ1n) is 7.82. The van der Waals surface area contributed by atoms with E-state index in [0.29, 0.717) is 24.4 Å². The molecule has 0 aliphatic heterocycles. The Bertz CT molecular complexity index is 664. The Hall–Kier alpha value is -2.49. The fourth-order valence-electron chi connectivity index (χ4n) is 2.39. The van der Waals surface area contributed by atoms with Crippen molar-refractivity contribution < 1.29 is 9.53 Å². The molecule has 23 heavy (non-hydrogen) atoms. The zero-order valence-electron chi connectivity index (χ0n) is 13.9. The molecule has 0 aliphatic rings. The second kappa shape index (κ2) is 7.68. The van der Waals surface area contributed by atoms with Crippen LogP contribution in [0.3, 0.4) is 0 Å². The van der Waals surface area contributed by atoms with Crippen LogP contribution in [0.4, 0.5) is 11.4 Å². The average molecular weight is 312 g/mol. The van der Waals surface area contributed by atoms with Crippen LogP contribution in [0, 0.1) is 0 Å². The average Bonchev–Trinajstić information content (AvgIpc) is 2.54. The van der Waals surface area contributed by atoms with Crippen molar-refractivity contribution in [2.45, 2.75) is 32.6 Å². The normalized spacial score (nSPS) is 10.6. The molecule has 2 aromatic carbocycles. The summed E-state index contributed by atoms with van der Waals surface area (Å²) in [5.41, 5.74) is 9.38. The summed E-state index contributed by atoms with van der Waals surface area (Å²) < 4.78 is 5.40. The lowest BCUT2D eigenvalue weighted by Gasteiger charge is -2.13. The van der Waals surface area contributed by atoms with Gasteiger partial charge in [0.25, 0.3) is 0 Å². The Morgan fingerprint density at radius 2 is 1.87 bits per heavy atom. The molecule has 0 atom stereocenters. The third kappa shape index (κ3) is 4.74. The van der Waals surface area contributed by atoms with Gasteiger partial charge in [0.15, 0.2) is 0 Å². The molecule has 4 nitrogen and oxygen atoms in total. The highest BCUT2D eigenvalue weighted by Crippen LogP contribution is 2.25. The molecule has 0 fully saturated rings. The fourth-order valence-corrected chi connectivity index (χ4v) is 2.39. The number of carbonyl (C=O) groups is 1. The Morgan fingerprint density at radius 3 is 2.48 bits per heavy atom. The minimum Gasteiger partial charge on any atom is -0.496 e. The van der Waals surface area contributed by atoms with Crippen molar-refractivity contribution in [2.75, 3.05) is 18.2 Å². The summed E-state index contributed by atoms with van der Waals surface area (Å²) >= 11 is 0. The number of nitrogen functional groups attached to an aromatic ring is 1. The number of nitrogens with one attached hydrogen (secondary N) is 1. The van der Waals surface area contributed by atoms with Gasteiger partial charge < -0.3 is 15.8 Å². The van der Waals surface area contributed by atoms with Gasteiger partial charge in [-0.3, -0.25) is 4.79 Å². The molecule has 1 amide bonds. The number of rotatable bonds is 6. The van der Waals surface area contributed by atoms with E-state index < -0.39 is 0 Å². The number of carbonyl (C=O) groups excluding carboxylic acids is 1. The van der Waals surface area contributed by atoms with Gasteiger partial charge in [-0.05, 0) is 53.8 Å². The monoisotopic (exact) mass is 312 g/mol. The smallest absolute Gasteiger partial charge is 0.224 e. The van der Waals surface area contributed by atoms with E-state index in [2.05, 4.69) is 31.3 Å². The fraction of sp³-hybridized carbons (Fsp3) is 0.316. The zero-order chi connectivity index (χ0) is 16.8. The van der Waals surface area contributed by atoms with Gasteiger partial charge in [-0.15, -0.1) is 0 Å². The largest absolute Gasteiger partial charge is 0.496 e. The van der Waals surface area contributed by atoms with Crippen molar-refractivity contribution in [3.05, 3.63) is 53.6 Å². The number of benzene rings is 2. The van der Waals surface area contributed by atoms with E-state index in [0.717, 1.165) is 17.0 Å². The maximum Gasteiger partial charge on any atom is 0.224 e. The van der Waals surface area contributed by atoms with Crippen LogP contribution < -0.4 is 15.8 Å². The lowest BCUT2D eigenvalue weighted by molar-refractivity contribution is -0.116. The molecule has 0 aliphatic carbocycles. The summed E-state index contributed by atoms with van der Waals surface area (Å²) in [5, 5.41) is 2.88. The summed E-state index contributed by atoms with van der Waals surface area (Å²) in [5.74, 6) is 1.25. The van der Waals surface area contributed by atoms with Crippen LogP contribution in [0.1, 0.15) is 37.3 Å². The number of hydrogen-bond donors (Lipinski definition) is 2. The predicted octanol–water partition coefficient (Wildman–Crippen LogP) is 3.97. The maximum absolute atomic E-state index is 12.1. The quantitative estimate of drug-likeness (QED) is 0.793. The van der Waals surface area contributed by atoms with Crippen LogP contribution in [-0.2, 0) is 11.2 Å². The van der Waals surface area contributed by atoms with Gasteiger partial charge in [-0.1, -0.05) is 26.0 Å². The van der Waals surface area contributed by atoms with Gasteiger partial charge in [0.1, 0.15) is 5.75 Å². The van der Waals surface area contributed by atoms with Crippen molar-refractivity contribution in [1.82, 2.24) is 0 Å². The van der Waals surface area contributed by atoms with Crippen LogP contribution in [0.5, 0.6) is 5.75 Å². The van der Waals surface area contributed by atoms with Gasteiger partial charge in [-0.25, -0.2) is 0 Å². The molecule has 0 radical (unpaired) electrons. The third-order valence-electron chi connectivity index (χ3n) is 3.79. The first-order chi connectivity index (χ1) is 11.0. The molecule has 0 aromatic heterocycles. The molecule has 0 saturated heterocycles. The van der Waals surface area contributed by atoms with Crippen molar-refractivity contribution >= 4 is 17.3 Å². The molecule has 0 bridgehead atoms. The molecule has 0 saturated carbocycles. The van der Waals surface area contributed by atoms with Gasteiger partial charge in [-0.2, -0.15) is 0 Å². The number of hydrogen-bond acceptors (Lipinski definition) is 3. The number of nitrogens with two attached hydrogens (primary N) is 1. The first-order valence-corrected chi connectivity index (χ1v) is 7.82. The molecular formula is C19H24N2O2. The van der Waals surface area contributed by atoms with E-state index in [1.807, 2.05) is 6.07 Å². The molecule has 3 N–H and O–H groups in total. The Labute approximate surface area is 137 Å². The first kappa shape index (κ1) is 16.9. The summed E-state index contributed by atoms with van der Waals surface area (Å²) in [6.07, 6.45) is 1.05. The number of anilines is 2. The Kier molecular flexibility index (Phi) is 5.63. The Morgan fingerprint density at radius 1 is 1.17 bits per heavy atom. The van der Waals surface area contributed by atoms with E-state index in [1.54, 1.807) is 31.4 Å². The molecule has 0 unspecified atom stereocenters. The lowest BCUT2D eigenvalue weighted by Crippen LogP contribution is -2.12. The highest BCUT2D eigenvalue weighted by molar-refractivity contribution is 5.91. The van der Waals surface area contributed by atoms with Crippen molar-refractivity contribution in [3.8, 4) is 5.75 Å². The summed E-state index contributed by atoms with van der Waals surface area (Å²) in [6.45, 7) is 4.30. The van der Waals surface area contributed by atoms with E-state index >= 15 is 0 Å². The molecular weight excluding hydrogens is 288 g/mol. The van der Waals surface area contributed by atoms with Crippen molar-refractivity contribution in [3.63, 3.8) is 0 Å². The molecule has 2 aromatic rings. The minimum atomic E-state index is -0.0215. The number of amides is 1. The summed E-state index contributed by atoms with van der Waals surface area (Å²) in [7, 11) is 1.66. The molecule has 4 heteroatoms. The SMILES string of the molecule is COc1ccc(C(C)C)cc1CCC(=O)Nc1ccc(N)cc1. The van der Waals surface area contributed by atoms with Gasteiger partial charge in [0.2, 0.25) is 5.91 Å². The topological polar surface area (TPSA) is 64.3 Å². The highest BCUT2D eigenvalue weighted by atomic mass is 16.5. The van der Waals surface area contributed by atoms with E-state index in [4.69, 9.17) is 10.5 Å². The summed E-state index contributed by atoms with van der Waals surface area (Å²) in [6, 6.07) is 13.3. The molecule has 0 spiro atoms. The van der Waals surface area contributed by atoms with Gasteiger partial charge >= 0.3 is 0 Å². The third-order valence-corrected chi connectivity index (χ3v) is 3.79. The van der Waals surface area contributed by atoms with Gasteiger partial charge in [0.05, 0.1) is 7.11 Å². The zero-order valence-corrected chi connectivity index (χ0v) is 13.9. The molecule has 0 heterocycles. The number of methoxy groups -OCH3 is 1. The maximum atomic E-state index is 12.1. The highest BCUT2D eigenvalue weighted by Gasteiger charge is 2.09. The molecule has 122 valence electrons. The van der Waals surface area contributed by atoms with E-state index in [-0.39, 0.29) is 5.91 Å². The number of aryl methyl sites for hydroxylation is 1. The standard InChI is InChI=1S/C19H24N2O2/c1-13(2)14-4-10-18(23-3)15(12-14)5-11-19(22)21-17-8-6-16(20)7-9-17/h4,6-10,12-13H,5,11,20H2,1-3H3,(H,21,22). The van der Waals surface area contributed by atoms with E-state index in [1.165, 1.54) is 5.56 Å². The predicted molar refractivity (Wildman–Crippen MR) is 94.9 cm³/mol. The molecule has 2 rings (SSSR count). The van der Waals surface area contributed by atoms with Crippen molar-refractivity contribution in [1.29, 1.82) is 0 Å². The Balaban J connectivity index is 2.00. The van der Waals surface area contributed by atoms with E-state index in [9.17, 15) is 4.79 Å². The van der Waals surface area contributed by atoms with Crippen molar-refractivity contribution in [2.24, 2.45) is 0 Å². The lowest BCUT2D eigenvalue weighted by atomic mass is 9.98. The second-order valence-electron chi connectivity index (χ2n) is 5.90. The van der Waals surface area contributed by atoms with Gasteiger partial charge in [0, 0.05) is 17.8 Å². The second-order valence-corrected chi connectivity index (χ2v) is 5.90.